The summed E-state index contributed by atoms with van der Waals surface area (Å²) >= 11 is 13.4. The van der Waals surface area contributed by atoms with Gasteiger partial charge in [-0.15, -0.1) is 0 Å². The number of halogens is 2. The van der Waals surface area contributed by atoms with Crippen molar-refractivity contribution < 1.29 is 14.3 Å². The first-order valence-electron chi connectivity index (χ1n) is 9.45. The van der Waals surface area contributed by atoms with E-state index >= 15 is 0 Å². The summed E-state index contributed by atoms with van der Waals surface area (Å²) in [5.74, 6) is 0.311. The van der Waals surface area contributed by atoms with Gasteiger partial charge in [-0.1, -0.05) is 35.0 Å². The molecule has 3 rings (SSSR count). The summed E-state index contributed by atoms with van der Waals surface area (Å²) in [6.45, 7) is 4.79. The van der Waals surface area contributed by atoms with Gasteiger partial charge in [0.25, 0.3) is 0 Å². The van der Waals surface area contributed by atoms with Gasteiger partial charge in [-0.2, -0.15) is 0 Å². The average Bonchev–Trinajstić information content (AvgIpc) is 2.68. The molecule has 1 atom stereocenters. The fourth-order valence-corrected chi connectivity index (χ4v) is 4.57. The number of nitrogens with zero attached hydrogens (tertiary/aromatic N) is 2. The van der Waals surface area contributed by atoms with Gasteiger partial charge in [0.15, 0.2) is 5.17 Å². The average molecular weight is 466 g/mol. The molecule has 0 saturated carbocycles. The van der Waals surface area contributed by atoms with E-state index in [1.807, 2.05) is 13.8 Å². The largest absolute Gasteiger partial charge is 0.494 e. The predicted octanol–water partition coefficient (Wildman–Crippen LogP) is 5.37. The quantitative estimate of drug-likeness (QED) is 0.621. The van der Waals surface area contributed by atoms with Crippen molar-refractivity contribution in [2.45, 2.75) is 25.5 Å². The number of hydrogen-bond donors (Lipinski definition) is 1. The highest BCUT2D eigenvalue weighted by molar-refractivity contribution is 8.15. The SMILES string of the molecule is CCOc1ccc(NC(=O)[C@H]2CC(=O)N(CC)C(=Nc3cc(Cl)cc(Cl)c3)S2)cc1. The standard InChI is InChI=1S/C21H21Cl2N3O3S/c1-3-26-19(27)12-18(20(28)24-15-5-7-17(8-6-15)29-4-2)30-21(26)25-16-10-13(22)9-14(23)11-16/h5-11,18H,3-4,12H2,1-2H3,(H,24,28)/t18-/m1/s1. The van der Waals surface area contributed by atoms with Gasteiger partial charge in [0.1, 0.15) is 11.0 Å². The molecule has 30 heavy (non-hydrogen) atoms. The van der Waals surface area contributed by atoms with Gasteiger partial charge in [-0.05, 0) is 56.3 Å². The van der Waals surface area contributed by atoms with Crippen LogP contribution < -0.4 is 10.1 Å². The molecular weight excluding hydrogens is 445 g/mol. The summed E-state index contributed by atoms with van der Waals surface area (Å²) in [4.78, 5) is 31.5. The monoisotopic (exact) mass is 465 g/mol. The number of ether oxygens (including phenoxy) is 1. The lowest BCUT2D eigenvalue weighted by Gasteiger charge is -2.31. The first-order valence-corrected chi connectivity index (χ1v) is 11.1. The summed E-state index contributed by atoms with van der Waals surface area (Å²) in [6, 6.07) is 12.0. The number of carbonyl (C=O) groups excluding carboxylic acids is 2. The molecule has 2 aromatic carbocycles. The van der Waals surface area contributed by atoms with Crippen LogP contribution in [-0.4, -0.2) is 40.3 Å². The van der Waals surface area contributed by atoms with Gasteiger partial charge in [0, 0.05) is 28.7 Å². The second kappa shape index (κ2) is 10.2. The molecule has 1 aliphatic rings. The maximum atomic E-state index is 12.8. The molecule has 1 aliphatic heterocycles. The number of hydrogen-bond acceptors (Lipinski definition) is 5. The van der Waals surface area contributed by atoms with E-state index in [4.69, 9.17) is 27.9 Å². The van der Waals surface area contributed by atoms with Gasteiger partial charge in [-0.25, -0.2) is 4.99 Å². The van der Waals surface area contributed by atoms with Crippen LogP contribution in [0, 0.1) is 0 Å². The van der Waals surface area contributed by atoms with Crippen LogP contribution in [0.5, 0.6) is 5.75 Å². The third kappa shape index (κ3) is 5.68. The van der Waals surface area contributed by atoms with Crippen LogP contribution in [0.4, 0.5) is 11.4 Å². The predicted molar refractivity (Wildman–Crippen MR) is 123 cm³/mol. The molecule has 0 unspecified atom stereocenters. The van der Waals surface area contributed by atoms with E-state index in [9.17, 15) is 9.59 Å². The number of thioether (sulfide) groups is 1. The highest BCUT2D eigenvalue weighted by Crippen LogP contribution is 2.31. The summed E-state index contributed by atoms with van der Waals surface area (Å²) in [7, 11) is 0. The number of benzene rings is 2. The van der Waals surface area contributed by atoms with Crippen molar-refractivity contribution in [3.8, 4) is 5.75 Å². The van der Waals surface area contributed by atoms with E-state index in [0.29, 0.717) is 39.7 Å². The van der Waals surface area contributed by atoms with Crippen LogP contribution >= 0.6 is 35.0 Å². The van der Waals surface area contributed by atoms with Crippen LogP contribution in [0.2, 0.25) is 10.0 Å². The highest BCUT2D eigenvalue weighted by atomic mass is 35.5. The molecule has 6 nitrogen and oxygen atoms in total. The Morgan fingerprint density at radius 3 is 2.47 bits per heavy atom. The highest BCUT2D eigenvalue weighted by Gasteiger charge is 2.35. The number of rotatable bonds is 6. The Bertz CT molecular complexity index is 946. The Hall–Kier alpha value is -2.22. The van der Waals surface area contributed by atoms with E-state index in [0.717, 1.165) is 5.75 Å². The van der Waals surface area contributed by atoms with Gasteiger partial charge in [0.05, 0.1) is 12.3 Å². The van der Waals surface area contributed by atoms with Crippen molar-refractivity contribution in [3.63, 3.8) is 0 Å². The van der Waals surface area contributed by atoms with Gasteiger partial charge >= 0.3 is 0 Å². The number of aliphatic imine (C=N–C) groups is 1. The van der Waals surface area contributed by atoms with Crippen molar-refractivity contribution in [2.24, 2.45) is 4.99 Å². The van der Waals surface area contributed by atoms with Crippen LogP contribution in [0.15, 0.2) is 47.5 Å². The number of nitrogens with one attached hydrogen (secondary N) is 1. The van der Waals surface area contributed by atoms with E-state index in [2.05, 4.69) is 10.3 Å². The Kier molecular flexibility index (Phi) is 7.64. The molecule has 1 heterocycles. The number of amides is 2. The molecule has 1 fully saturated rings. The first-order chi connectivity index (χ1) is 14.4. The molecule has 0 aromatic heterocycles. The molecule has 2 aromatic rings. The van der Waals surface area contributed by atoms with Gasteiger partial charge < -0.3 is 10.1 Å². The molecule has 2 amide bonds. The summed E-state index contributed by atoms with van der Waals surface area (Å²) in [5.41, 5.74) is 1.16. The summed E-state index contributed by atoms with van der Waals surface area (Å²) in [6.07, 6.45) is 0.0939. The lowest BCUT2D eigenvalue weighted by Crippen LogP contribution is -2.45. The molecule has 1 N–H and O–H groups in total. The molecule has 0 radical (unpaired) electrons. The zero-order valence-electron chi connectivity index (χ0n) is 16.5. The zero-order chi connectivity index (χ0) is 21.7. The van der Waals surface area contributed by atoms with Crippen molar-refractivity contribution in [2.75, 3.05) is 18.5 Å². The number of carbonyl (C=O) groups is 2. The lowest BCUT2D eigenvalue weighted by molar-refractivity contribution is -0.129. The Labute approximate surface area is 189 Å². The topological polar surface area (TPSA) is 71.0 Å². The molecule has 0 bridgehead atoms. The Balaban J connectivity index is 1.78. The van der Waals surface area contributed by atoms with Gasteiger partial charge in [-0.3, -0.25) is 14.5 Å². The molecule has 9 heteroatoms. The first kappa shape index (κ1) is 22.5. The van der Waals surface area contributed by atoms with Crippen molar-refractivity contribution in [1.82, 2.24) is 4.90 Å². The normalized spacial score (nSPS) is 17.9. The van der Waals surface area contributed by atoms with E-state index in [-0.39, 0.29) is 18.2 Å². The minimum Gasteiger partial charge on any atom is -0.494 e. The minimum atomic E-state index is -0.597. The van der Waals surface area contributed by atoms with Crippen LogP contribution in [-0.2, 0) is 9.59 Å². The molecule has 1 saturated heterocycles. The molecular formula is C21H21Cl2N3O3S. The van der Waals surface area contributed by atoms with E-state index in [1.165, 1.54) is 11.8 Å². The smallest absolute Gasteiger partial charge is 0.238 e. The second-order valence-electron chi connectivity index (χ2n) is 6.42. The van der Waals surface area contributed by atoms with Crippen molar-refractivity contribution in [3.05, 3.63) is 52.5 Å². The third-order valence-corrected chi connectivity index (χ3v) is 5.88. The molecule has 158 valence electrons. The lowest BCUT2D eigenvalue weighted by atomic mass is 10.2. The van der Waals surface area contributed by atoms with E-state index in [1.54, 1.807) is 47.4 Å². The maximum absolute atomic E-state index is 12.8. The maximum Gasteiger partial charge on any atom is 0.238 e. The summed E-state index contributed by atoms with van der Waals surface area (Å²) < 4.78 is 5.41. The minimum absolute atomic E-state index is 0.0939. The van der Waals surface area contributed by atoms with Crippen LogP contribution in [0.1, 0.15) is 20.3 Å². The van der Waals surface area contributed by atoms with Gasteiger partial charge in [0.2, 0.25) is 11.8 Å². The second-order valence-corrected chi connectivity index (χ2v) is 8.46. The molecule has 0 aliphatic carbocycles. The van der Waals surface area contributed by atoms with Crippen molar-refractivity contribution in [1.29, 1.82) is 0 Å². The summed E-state index contributed by atoms with van der Waals surface area (Å²) in [5, 5.41) is 3.59. The van der Waals surface area contributed by atoms with Crippen molar-refractivity contribution >= 4 is 63.3 Å². The third-order valence-electron chi connectivity index (χ3n) is 4.25. The Morgan fingerprint density at radius 2 is 1.87 bits per heavy atom. The van der Waals surface area contributed by atoms with Crippen LogP contribution in [0.3, 0.4) is 0 Å². The van der Waals surface area contributed by atoms with E-state index < -0.39 is 5.25 Å². The Morgan fingerprint density at radius 1 is 1.20 bits per heavy atom. The molecule has 0 spiro atoms. The van der Waals surface area contributed by atoms with Crippen LogP contribution in [0.25, 0.3) is 0 Å². The zero-order valence-corrected chi connectivity index (χ0v) is 18.9. The fourth-order valence-electron chi connectivity index (χ4n) is 2.89. The number of amidine groups is 1. The number of anilines is 1. The fraction of sp³-hybridized carbons (Fsp3) is 0.286.